The maximum atomic E-state index is 12.5. The van der Waals surface area contributed by atoms with Crippen LogP contribution >= 0.6 is 0 Å². The zero-order valence-electron chi connectivity index (χ0n) is 7.60. The summed E-state index contributed by atoms with van der Waals surface area (Å²) >= 11 is 0. The van der Waals surface area contributed by atoms with Gasteiger partial charge in [-0.15, -0.1) is 0 Å². The minimum Gasteiger partial charge on any atom is -0.322 e. The van der Waals surface area contributed by atoms with Crippen LogP contribution in [-0.2, 0) is 12.7 Å². The standard InChI is InChI=1S/C8H10F3N3/c1-5-7-13-4-6(8(9,10)11)14(7)3-2-12-5/h4-5,12H,2-3H2,1H3. The summed E-state index contributed by atoms with van der Waals surface area (Å²) in [6.07, 6.45) is -3.40. The average molecular weight is 205 g/mol. The number of halogens is 3. The summed E-state index contributed by atoms with van der Waals surface area (Å²) in [7, 11) is 0. The zero-order chi connectivity index (χ0) is 10.3. The molecule has 1 N–H and O–H groups in total. The molecule has 1 aromatic heterocycles. The van der Waals surface area contributed by atoms with E-state index in [-0.39, 0.29) is 6.04 Å². The minimum atomic E-state index is -4.30. The molecule has 78 valence electrons. The Bertz CT molecular complexity index is 342. The lowest BCUT2D eigenvalue weighted by atomic mass is 10.2. The van der Waals surface area contributed by atoms with Crippen molar-refractivity contribution in [1.82, 2.24) is 14.9 Å². The number of aromatic nitrogens is 2. The molecule has 3 nitrogen and oxygen atoms in total. The first-order chi connectivity index (χ1) is 6.50. The molecule has 1 aromatic rings. The number of nitrogens with one attached hydrogen (secondary N) is 1. The van der Waals surface area contributed by atoms with E-state index in [0.29, 0.717) is 18.9 Å². The van der Waals surface area contributed by atoms with Gasteiger partial charge in [-0.05, 0) is 6.92 Å². The number of rotatable bonds is 0. The lowest BCUT2D eigenvalue weighted by Gasteiger charge is -2.23. The molecule has 0 amide bonds. The highest BCUT2D eigenvalue weighted by molar-refractivity contribution is 5.13. The van der Waals surface area contributed by atoms with Gasteiger partial charge in [-0.3, -0.25) is 0 Å². The van der Waals surface area contributed by atoms with Crippen molar-refractivity contribution in [2.45, 2.75) is 25.7 Å². The van der Waals surface area contributed by atoms with E-state index < -0.39 is 11.9 Å². The summed E-state index contributed by atoms with van der Waals surface area (Å²) in [5.74, 6) is 0.462. The number of nitrogens with zero attached hydrogens (tertiary/aromatic N) is 2. The SMILES string of the molecule is CC1NCCn2c(C(F)(F)F)cnc21. The van der Waals surface area contributed by atoms with Crippen LogP contribution in [0, 0.1) is 0 Å². The Morgan fingerprint density at radius 2 is 2.29 bits per heavy atom. The van der Waals surface area contributed by atoms with Gasteiger partial charge in [0, 0.05) is 13.1 Å². The molecular weight excluding hydrogens is 195 g/mol. The molecule has 0 saturated heterocycles. The Kier molecular flexibility index (Phi) is 2.02. The van der Waals surface area contributed by atoms with Gasteiger partial charge >= 0.3 is 6.18 Å². The molecule has 1 aliphatic rings. The van der Waals surface area contributed by atoms with Crippen LogP contribution in [0.1, 0.15) is 24.5 Å². The van der Waals surface area contributed by atoms with Crippen molar-refractivity contribution in [3.05, 3.63) is 17.7 Å². The summed E-state index contributed by atoms with van der Waals surface area (Å²) in [6.45, 7) is 2.68. The molecule has 6 heteroatoms. The smallest absolute Gasteiger partial charge is 0.322 e. The summed E-state index contributed by atoms with van der Waals surface area (Å²) in [5, 5.41) is 3.05. The van der Waals surface area contributed by atoms with Crippen LogP contribution < -0.4 is 5.32 Å². The van der Waals surface area contributed by atoms with Crippen molar-refractivity contribution >= 4 is 0 Å². The summed E-state index contributed by atoms with van der Waals surface area (Å²) in [5.41, 5.74) is -0.652. The highest BCUT2D eigenvalue weighted by Gasteiger charge is 2.37. The Morgan fingerprint density at radius 3 is 2.93 bits per heavy atom. The molecule has 0 aliphatic carbocycles. The van der Waals surface area contributed by atoms with Crippen LogP contribution in [0.4, 0.5) is 13.2 Å². The second-order valence-corrected chi connectivity index (χ2v) is 3.33. The molecule has 0 bridgehead atoms. The third kappa shape index (κ3) is 1.39. The van der Waals surface area contributed by atoms with Gasteiger partial charge in [0.1, 0.15) is 11.5 Å². The topological polar surface area (TPSA) is 29.9 Å². The molecule has 0 radical (unpaired) electrons. The van der Waals surface area contributed by atoms with E-state index in [9.17, 15) is 13.2 Å². The Morgan fingerprint density at radius 1 is 1.57 bits per heavy atom. The number of imidazole rings is 1. The number of hydrogen-bond acceptors (Lipinski definition) is 2. The quantitative estimate of drug-likeness (QED) is 0.696. The molecule has 1 aliphatic heterocycles. The summed E-state index contributed by atoms with van der Waals surface area (Å²) < 4.78 is 38.6. The minimum absolute atomic E-state index is 0.111. The molecule has 0 aromatic carbocycles. The van der Waals surface area contributed by atoms with Crippen molar-refractivity contribution < 1.29 is 13.2 Å². The van der Waals surface area contributed by atoms with E-state index in [4.69, 9.17) is 0 Å². The van der Waals surface area contributed by atoms with Crippen LogP contribution in [-0.4, -0.2) is 16.1 Å². The third-order valence-corrected chi connectivity index (χ3v) is 2.35. The lowest BCUT2D eigenvalue weighted by molar-refractivity contribution is -0.143. The van der Waals surface area contributed by atoms with Crippen molar-refractivity contribution in [3.8, 4) is 0 Å². The Hall–Kier alpha value is -1.04. The van der Waals surface area contributed by atoms with Crippen molar-refractivity contribution in [2.75, 3.05) is 6.54 Å². The maximum Gasteiger partial charge on any atom is 0.433 e. The molecule has 0 fully saturated rings. The van der Waals surface area contributed by atoms with E-state index in [1.165, 1.54) is 4.57 Å². The van der Waals surface area contributed by atoms with Gasteiger partial charge in [-0.2, -0.15) is 13.2 Å². The van der Waals surface area contributed by atoms with Crippen LogP contribution in [0.5, 0.6) is 0 Å². The van der Waals surface area contributed by atoms with Gasteiger partial charge in [0.2, 0.25) is 0 Å². The van der Waals surface area contributed by atoms with Gasteiger partial charge < -0.3 is 9.88 Å². The van der Waals surface area contributed by atoms with Crippen molar-refractivity contribution in [3.63, 3.8) is 0 Å². The van der Waals surface area contributed by atoms with Crippen molar-refractivity contribution in [2.24, 2.45) is 0 Å². The molecule has 14 heavy (non-hydrogen) atoms. The van der Waals surface area contributed by atoms with E-state index >= 15 is 0 Å². The monoisotopic (exact) mass is 205 g/mol. The number of alkyl halides is 3. The highest BCUT2D eigenvalue weighted by atomic mass is 19.4. The molecule has 1 unspecified atom stereocenters. The summed E-state index contributed by atoms with van der Waals surface area (Å²) in [6, 6.07) is -0.111. The van der Waals surface area contributed by atoms with Gasteiger partial charge in [0.05, 0.1) is 12.2 Å². The predicted molar refractivity (Wildman–Crippen MR) is 43.6 cm³/mol. The van der Waals surface area contributed by atoms with Gasteiger partial charge in [0.25, 0.3) is 0 Å². The average Bonchev–Trinajstić information content (AvgIpc) is 2.47. The van der Waals surface area contributed by atoms with E-state index in [1.54, 1.807) is 6.92 Å². The fourth-order valence-corrected chi connectivity index (χ4v) is 1.68. The third-order valence-electron chi connectivity index (χ3n) is 2.35. The Labute approximate surface area is 78.9 Å². The van der Waals surface area contributed by atoms with Crippen LogP contribution in [0.15, 0.2) is 6.20 Å². The lowest BCUT2D eigenvalue weighted by Crippen LogP contribution is -2.33. The first kappa shape index (κ1) is 9.51. The van der Waals surface area contributed by atoms with Crippen LogP contribution in [0.3, 0.4) is 0 Å². The number of fused-ring (bicyclic) bond motifs is 1. The van der Waals surface area contributed by atoms with Gasteiger partial charge in [-0.25, -0.2) is 4.98 Å². The first-order valence-corrected chi connectivity index (χ1v) is 4.36. The Balaban J connectivity index is 2.46. The maximum absolute atomic E-state index is 12.5. The van der Waals surface area contributed by atoms with Crippen LogP contribution in [0.2, 0.25) is 0 Å². The second kappa shape index (κ2) is 2.98. The molecule has 1 atom stereocenters. The van der Waals surface area contributed by atoms with Gasteiger partial charge in [0.15, 0.2) is 0 Å². The van der Waals surface area contributed by atoms with Gasteiger partial charge in [-0.1, -0.05) is 0 Å². The second-order valence-electron chi connectivity index (χ2n) is 3.33. The van der Waals surface area contributed by atoms with E-state index in [1.807, 2.05) is 0 Å². The summed E-state index contributed by atoms with van der Waals surface area (Å²) in [4.78, 5) is 3.78. The fraction of sp³-hybridized carbons (Fsp3) is 0.625. The molecule has 2 rings (SSSR count). The molecule has 0 spiro atoms. The van der Waals surface area contributed by atoms with E-state index in [2.05, 4.69) is 10.3 Å². The fourth-order valence-electron chi connectivity index (χ4n) is 1.68. The molecule has 0 saturated carbocycles. The van der Waals surface area contributed by atoms with E-state index in [0.717, 1.165) is 6.20 Å². The van der Waals surface area contributed by atoms with Crippen LogP contribution in [0.25, 0.3) is 0 Å². The van der Waals surface area contributed by atoms with Crippen molar-refractivity contribution in [1.29, 1.82) is 0 Å². The zero-order valence-corrected chi connectivity index (χ0v) is 7.60. The first-order valence-electron chi connectivity index (χ1n) is 4.36. The molecule has 2 heterocycles. The largest absolute Gasteiger partial charge is 0.433 e. The number of hydrogen-bond donors (Lipinski definition) is 1. The molecular formula is C8H10F3N3. The predicted octanol–water partition coefficient (Wildman–Crippen LogP) is 1.57. The highest BCUT2D eigenvalue weighted by Crippen LogP contribution is 2.31. The normalized spacial score (nSPS) is 22.1.